The summed E-state index contributed by atoms with van der Waals surface area (Å²) in [7, 11) is 0. The van der Waals surface area contributed by atoms with Crippen molar-refractivity contribution in [1.29, 1.82) is 0 Å². The minimum atomic E-state index is -0.558. The monoisotopic (exact) mass is 267 g/mol. The third-order valence-electron chi connectivity index (χ3n) is 3.89. The van der Waals surface area contributed by atoms with Crippen LogP contribution in [0.5, 0.6) is 0 Å². The molecule has 19 heavy (non-hydrogen) atoms. The molecule has 6 nitrogen and oxygen atoms in total. The molecule has 1 aromatic heterocycles. The van der Waals surface area contributed by atoms with Crippen LogP contribution in [0.1, 0.15) is 51.3 Å². The van der Waals surface area contributed by atoms with E-state index < -0.39 is 5.76 Å². The van der Waals surface area contributed by atoms with Crippen molar-refractivity contribution in [2.75, 3.05) is 6.54 Å². The number of hydrogen-bond donors (Lipinski definition) is 2. The maximum Gasteiger partial charge on any atom is 0.438 e. The van der Waals surface area contributed by atoms with Crippen LogP contribution < -0.4 is 11.1 Å². The molecule has 0 aromatic carbocycles. The third-order valence-corrected chi connectivity index (χ3v) is 3.89. The second kappa shape index (κ2) is 6.04. The molecule has 1 heterocycles. The van der Waals surface area contributed by atoms with Gasteiger partial charge in [0.05, 0.1) is 0 Å². The molecule has 2 rings (SSSR count). The van der Waals surface area contributed by atoms with Gasteiger partial charge in [-0.2, -0.15) is 0 Å². The summed E-state index contributed by atoms with van der Waals surface area (Å²) in [5.41, 5.74) is -0.242. The smallest absolute Gasteiger partial charge is 0.355 e. The fourth-order valence-corrected chi connectivity index (χ4v) is 2.61. The Labute approximate surface area is 111 Å². The zero-order chi connectivity index (χ0) is 13.7. The van der Waals surface area contributed by atoms with Crippen molar-refractivity contribution in [3.8, 4) is 0 Å². The summed E-state index contributed by atoms with van der Waals surface area (Å²) in [6, 6.07) is 0. The van der Waals surface area contributed by atoms with Gasteiger partial charge in [0.15, 0.2) is 5.82 Å². The largest absolute Gasteiger partial charge is 0.438 e. The molecular weight excluding hydrogens is 246 g/mol. The molecular formula is C13H21N3O3. The first kappa shape index (κ1) is 13.8. The highest BCUT2D eigenvalue weighted by atomic mass is 16.5. The minimum Gasteiger partial charge on any atom is -0.355 e. The molecule has 0 unspecified atom stereocenters. The number of carbonyl (C=O) groups is 1. The number of nitrogens with one attached hydrogen (secondary N) is 2. The summed E-state index contributed by atoms with van der Waals surface area (Å²) < 4.78 is 4.40. The fourth-order valence-electron chi connectivity index (χ4n) is 2.61. The fraction of sp³-hybridized carbons (Fsp3) is 0.769. The van der Waals surface area contributed by atoms with Crippen molar-refractivity contribution in [3.05, 3.63) is 16.4 Å². The first-order valence-corrected chi connectivity index (χ1v) is 6.93. The molecule has 1 aromatic rings. The summed E-state index contributed by atoms with van der Waals surface area (Å²) in [6.07, 6.45) is 7.10. The molecule has 6 heteroatoms. The van der Waals surface area contributed by atoms with Crippen LogP contribution in [-0.4, -0.2) is 22.6 Å². The molecule has 0 spiro atoms. The second-order valence-corrected chi connectivity index (χ2v) is 5.52. The van der Waals surface area contributed by atoms with E-state index in [4.69, 9.17) is 0 Å². The molecule has 106 valence electrons. The lowest BCUT2D eigenvalue weighted by atomic mass is 9.81. The Morgan fingerprint density at radius 1 is 1.37 bits per heavy atom. The summed E-state index contributed by atoms with van der Waals surface area (Å²) >= 11 is 0. The number of hydrogen-bond acceptors (Lipinski definition) is 4. The quantitative estimate of drug-likeness (QED) is 0.807. The Bertz CT molecular complexity index is 469. The Morgan fingerprint density at radius 2 is 2.05 bits per heavy atom. The topological polar surface area (TPSA) is 88.0 Å². The maximum atomic E-state index is 12.2. The lowest BCUT2D eigenvalue weighted by Gasteiger charge is -2.26. The molecule has 0 radical (unpaired) electrons. The van der Waals surface area contributed by atoms with Gasteiger partial charge >= 0.3 is 5.76 Å². The van der Waals surface area contributed by atoms with Gasteiger partial charge in [-0.05, 0) is 12.8 Å². The summed E-state index contributed by atoms with van der Waals surface area (Å²) in [6.45, 7) is 2.52. The van der Waals surface area contributed by atoms with Crippen molar-refractivity contribution < 1.29 is 9.32 Å². The summed E-state index contributed by atoms with van der Waals surface area (Å²) in [5.74, 6) is 0.0219. The number of H-pyrrole nitrogens is 1. The number of aromatic amines is 1. The first-order valence-electron chi connectivity index (χ1n) is 6.93. The van der Waals surface area contributed by atoms with Crippen molar-refractivity contribution >= 4 is 5.91 Å². The predicted molar refractivity (Wildman–Crippen MR) is 69.6 cm³/mol. The van der Waals surface area contributed by atoms with E-state index in [1.165, 1.54) is 12.8 Å². The van der Waals surface area contributed by atoms with Gasteiger partial charge in [0, 0.05) is 18.4 Å². The van der Waals surface area contributed by atoms with Gasteiger partial charge < -0.3 is 5.32 Å². The van der Waals surface area contributed by atoms with E-state index in [9.17, 15) is 9.59 Å². The van der Waals surface area contributed by atoms with E-state index >= 15 is 0 Å². The van der Waals surface area contributed by atoms with E-state index in [1.54, 1.807) is 0 Å². The molecule has 1 saturated carbocycles. The number of carbonyl (C=O) groups excluding carboxylic acids is 1. The molecule has 0 saturated heterocycles. The second-order valence-electron chi connectivity index (χ2n) is 5.52. The Balaban J connectivity index is 1.81. The lowest BCUT2D eigenvalue weighted by molar-refractivity contribution is -0.130. The van der Waals surface area contributed by atoms with Crippen LogP contribution in [0.2, 0.25) is 0 Å². The van der Waals surface area contributed by atoms with Crippen LogP contribution in [0.25, 0.3) is 0 Å². The van der Waals surface area contributed by atoms with Gasteiger partial charge in [-0.15, -0.1) is 0 Å². The van der Waals surface area contributed by atoms with Crippen molar-refractivity contribution in [1.82, 2.24) is 15.5 Å². The average Bonchev–Trinajstić information content (AvgIpc) is 2.66. The molecule has 1 aliphatic carbocycles. The van der Waals surface area contributed by atoms with Crippen LogP contribution in [0.15, 0.2) is 9.32 Å². The minimum absolute atomic E-state index is 0.111. The maximum absolute atomic E-state index is 12.2. The van der Waals surface area contributed by atoms with Gasteiger partial charge in [-0.3, -0.25) is 14.3 Å². The lowest BCUT2D eigenvalue weighted by Crippen LogP contribution is -2.39. The molecule has 2 N–H and O–H groups in total. The highest BCUT2D eigenvalue weighted by molar-refractivity contribution is 5.82. The third kappa shape index (κ3) is 3.68. The Hall–Kier alpha value is -1.59. The molecule has 0 bridgehead atoms. The molecule has 0 aliphatic heterocycles. The van der Waals surface area contributed by atoms with E-state index in [0.717, 1.165) is 25.7 Å². The van der Waals surface area contributed by atoms with Crippen LogP contribution in [0, 0.1) is 5.41 Å². The van der Waals surface area contributed by atoms with Crippen molar-refractivity contribution in [2.24, 2.45) is 5.41 Å². The highest BCUT2D eigenvalue weighted by Gasteiger charge is 2.33. The van der Waals surface area contributed by atoms with Crippen molar-refractivity contribution in [2.45, 2.75) is 51.9 Å². The number of nitrogens with zero attached hydrogens (tertiary/aromatic N) is 1. The van der Waals surface area contributed by atoms with Crippen molar-refractivity contribution in [3.63, 3.8) is 0 Å². The van der Waals surface area contributed by atoms with Crippen LogP contribution >= 0.6 is 0 Å². The Morgan fingerprint density at radius 3 is 2.63 bits per heavy atom. The number of amides is 1. The molecule has 1 fully saturated rings. The molecule has 1 aliphatic rings. The normalized spacial score (nSPS) is 18.8. The highest BCUT2D eigenvalue weighted by Crippen LogP contribution is 2.34. The van der Waals surface area contributed by atoms with Gasteiger partial charge in [-0.1, -0.05) is 37.8 Å². The predicted octanol–water partition coefficient (Wildman–Crippen LogP) is 1.38. The number of aromatic nitrogens is 2. The average molecular weight is 267 g/mol. The standard InChI is InChI=1S/C13H21N3O3/c1-13(7-4-2-3-5-8-13)11(17)14-9-6-10-15-12(18)19-16-10/h2-9H2,1H3,(H,14,17)(H,15,16,18). The molecule has 1 amide bonds. The van der Waals surface area contributed by atoms with E-state index in [-0.39, 0.29) is 11.3 Å². The number of rotatable bonds is 4. The van der Waals surface area contributed by atoms with Gasteiger partial charge in [0.25, 0.3) is 0 Å². The van der Waals surface area contributed by atoms with E-state index in [0.29, 0.717) is 18.8 Å². The summed E-state index contributed by atoms with van der Waals surface area (Å²) in [5, 5.41) is 6.50. The zero-order valence-corrected chi connectivity index (χ0v) is 11.3. The molecule has 0 atom stereocenters. The van der Waals surface area contributed by atoms with E-state index in [1.807, 2.05) is 6.92 Å². The first-order chi connectivity index (χ1) is 9.10. The van der Waals surface area contributed by atoms with Crippen LogP contribution in [0.3, 0.4) is 0 Å². The Kier molecular flexibility index (Phi) is 4.39. The zero-order valence-electron chi connectivity index (χ0n) is 11.3. The van der Waals surface area contributed by atoms with Crippen LogP contribution in [0.4, 0.5) is 0 Å². The van der Waals surface area contributed by atoms with E-state index in [2.05, 4.69) is 20.0 Å². The van der Waals surface area contributed by atoms with Crippen LogP contribution in [-0.2, 0) is 11.2 Å². The van der Waals surface area contributed by atoms with Gasteiger partial charge in [0.1, 0.15) is 0 Å². The van der Waals surface area contributed by atoms with Gasteiger partial charge in [0.2, 0.25) is 5.91 Å². The van der Waals surface area contributed by atoms with Gasteiger partial charge in [-0.25, -0.2) is 4.79 Å². The summed E-state index contributed by atoms with van der Waals surface area (Å²) in [4.78, 5) is 25.5. The SMILES string of the molecule is CC1(C(=O)NCCc2noc(=O)[nH]2)CCCCCC1.